The molecule has 1 aromatic rings. The number of fused-ring (bicyclic) bond motifs is 1. The molecule has 0 aromatic heterocycles. The zero-order valence-electron chi connectivity index (χ0n) is 12.8. The number of amides is 1. The van der Waals surface area contributed by atoms with Crippen LogP contribution in [0.4, 0.5) is 5.69 Å². The van der Waals surface area contributed by atoms with Crippen molar-refractivity contribution in [1.29, 1.82) is 0 Å². The van der Waals surface area contributed by atoms with Gasteiger partial charge in [0, 0.05) is 31.3 Å². The van der Waals surface area contributed by atoms with Gasteiger partial charge in [-0.25, -0.2) is 0 Å². The van der Waals surface area contributed by atoms with Gasteiger partial charge >= 0.3 is 0 Å². The number of carbonyl (C=O) groups is 1. The molecule has 0 radical (unpaired) electrons. The second kappa shape index (κ2) is 6.98. The number of nitrogens with one attached hydrogen (secondary N) is 1. The number of nitrogens with zero attached hydrogens (tertiary/aromatic N) is 1. The Bertz CT molecular complexity index is 535. The van der Waals surface area contributed by atoms with Crippen molar-refractivity contribution in [3.05, 3.63) is 18.2 Å². The SMILES string of the molecule is CC1CN(CC(=O)Nc2ccc3c(c2)OCCCO3)CCO1. The van der Waals surface area contributed by atoms with Gasteiger partial charge in [-0.1, -0.05) is 0 Å². The summed E-state index contributed by atoms with van der Waals surface area (Å²) in [7, 11) is 0. The molecule has 1 saturated heterocycles. The first-order chi connectivity index (χ1) is 10.7. The third kappa shape index (κ3) is 3.90. The number of rotatable bonds is 3. The Morgan fingerprint density at radius 2 is 2.09 bits per heavy atom. The average Bonchev–Trinajstić information content (AvgIpc) is 2.72. The molecule has 22 heavy (non-hydrogen) atoms. The lowest BCUT2D eigenvalue weighted by atomic mass is 10.2. The van der Waals surface area contributed by atoms with Gasteiger partial charge < -0.3 is 19.5 Å². The van der Waals surface area contributed by atoms with Crippen molar-refractivity contribution in [2.75, 3.05) is 44.8 Å². The Hall–Kier alpha value is -1.79. The zero-order chi connectivity index (χ0) is 15.4. The molecule has 0 aliphatic carbocycles. The van der Waals surface area contributed by atoms with Crippen LogP contribution in [0.3, 0.4) is 0 Å². The predicted molar refractivity (Wildman–Crippen MR) is 82.5 cm³/mol. The van der Waals surface area contributed by atoms with E-state index in [9.17, 15) is 4.79 Å². The third-order valence-corrected chi connectivity index (χ3v) is 3.72. The number of benzene rings is 1. The van der Waals surface area contributed by atoms with Crippen molar-refractivity contribution in [3.8, 4) is 11.5 Å². The quantitative estimate of drug-likeness (QED) is 0.917. The molecule has 1 aromatic carbocycles. The Morgan fingerprint density at radius 1 is 1.27 bits per heavy atom. The van der Waals surface area contributed by atoms with Crippen LogP contribution in [-0.2, 0) is 9.53 Å². The molecule has 2 aliphatic heterocycles. The van der Waals surface area contributed by atoms with Crippen LogP contribution < -0.4 is 14.8 Å². The Morgan fingerprint density at radius 3 is 2.91 bits per heavy atom. The molecular formula is C16H22N2O4. The van der Waals surface area contributed by atoms with E-state index in [2.05, 4.69) is 10.2 Å². The van der Waals surface area contributed by atoms with Gasteiger partial charge in [-0.2, -0.15) is 0 Å². The van der Waals surface area contributed by atoms with E-state index < -0.39 is 0 Å². The summed E-state index contributed by atoms with van der Waals surface area (Å²) >= 11 is 0. The number of ether oxygens (including phenoxy) is 3. The summed E-state index contributed by atoms with van der Waals surface area (Å²) in [5, 5.41) is 2.92. The van der Waals surface area contributed by atoms with Crippen LogP contribution in [0.1, 0.15) is 13.3 Å². The molecule has 0 bridgehead atoms. The summed E-state index contributed by atoms with van der Waals surface area (Å²) in [4.78, 5) is 14.3. The fourth-order valence-corrected chi connectivity index (χ4v) is 2.68. The molecule has 6 heteroatoms. The van der Waals surface area contributed by atoms with E-state index in [-0.39, 0.29) is 12.0 Å². The number of morpholine rings is 1. The van der Waals surface area contributed by atoms with Crippen molar-refractivity contribution in [2.24, 2.45) is 0 Å². The number of hydrogen-bond donors (Lipinski definition) is 1. The van der Waals surface area contributed by atoms with Crippen molar-refractivity contribution in [3.63, 3.8) is 0 Å². The first-order valence-corrected chi connectivity index (χ1v) is 7.74. The fraction of sp³-hybridized carbons (Fsp3) is 0.562. The van der Waals surface area contributed by atoms with Crippen LogP contribution in [0.5, 0.6) is 11.5 Å². The van der Waals surface area contributed by atoms with Crippen molar-refractivity contribution >= 4 is 11.6 Å². The van der Waals surface area contributed by atoms with Crippen LogP contribution in [0, 0.1) is 0 Å². The van der Waals surface area contributed by atoms with Crippen LogP contribution in [0.15, 0.2) is 18.2 Å². The number of anilines is 1. The maximum absolute atomic E-state index is 12.2. The minimum atomic E-state index is -0.0245. The average molecular weight is 306 g/mol. The van der Waals surface area contributed by atoms with Gasteiger partial charge in [0.15, 0.2) is 11.5 Å². The van der Waals surface area contributed by atoms with Crippen LogP contribution in [-0.4, -0.2) is 56.4 Å². The molecule has 1 N–H and O–H groups in total. The second-order valence-corrected chi connectivity index (χ2v) is 5.68. The topological polar surface area (TPSA) is 60.0 Å². The van der Waals surface area contributed by atoms with Gasteiger partial charge in [-0.05, 0) is 19.1 Å². The van der Waals surface area contributed by atoms with Gasteiger partial charge in [0.05, 0.1) is 32.5 Å². The highest BCUT2D eigenvalue weighted by molar-refractivity contribution is 5.92. The second-order valence-electron chi connectivity index (χ2n) is 5.68. The molecule has 120 valence electrons. The van der Waals surface area contributed by atoms with E-state index in [4.69, 9.17) is 14.2 Å². The lowest BCUT2D eigenvalue weighted by Crippen LogP contribution is -2.44. The molecule has 6 nitrogen and oxygen atoms in total. The maximum atomic E-state index is 12.2. The van der Waals surface area contributed by atoms with E-state index in [1.165, 1.54) is 0 Å². The molecule has 3 rings (SSSR count). The lowest BCUT2D eigenvalue weighted by molar-refractivity contribution is -0.119. The highest BCUT2D eigenvalue weighted by Gasteiger charge is 2.19. The minimum Gasteiger partial charge on any atom is -0.490 e. The Kier molecular flexibility index (Phi) is 4.80. The van der Waals surface area contributed by atoms with Gasteiger partial charge in [0.25, 0.3) is 0 Å². The van der Waals surface area contributed by atoms with Crippen molar-refractivity contribution < 1.29 is 19.0 Å². The largest absolute Gasteiger partial charge is 0.490 e. The third-order valence-electron chi connectivity index (χ3n) is 3.72. The molecule has 1 unspecified atom stereocenters. The summed E-state index contributed by atoms with van der Waals surface area (Å²) in [6.07, 6.45) is 1.05. The first-order valence-electron chi connectivity index (χ1n) is 7.74. The lowest BCUT2D eigenvalue weighted by Gasteiger charge is -2.30. The number of carbonyl (C=O) groups excluding carboxylic acids is 1. The van der Waals surface area contributed by atoms with Gasteiger partial charge in [-0.15, -0.1) is 0 Å². The highest BCUT2D eigenvalue weighted by atomic mass is 16.5. The van der Waals surface area contributed by atoms with Crippen LogP contribution >= 0.6 is 0 Å². The molecule has 0 spiro atoms. The molecule has 1 fully saturated rings. The maximum Gasteiger partial charge on any atom is 0.238 e. The number of hydrogen-bond acceptors (Lipinski definition) is 5. The molecular weight excluding hydrogens is 284 g/mol. The van der Waals surface area contributed by atoms with E-state index in [1.807, 2.05) is 25.1 Å². The minimum absolute atomic E-state index is 0.0245. The van der Waals surface area contributed by atoms with Gasteiger partial charge in [0.1, 0.15) is 0 Å². The van der Waals surface area contributed by atoms with Gasteiger partial charge in [0.2, 0.25) is 5.91 Å². The standard InChI is InChI=1S/C16H22N2O4/c1-12-10-18(5-8-20-12)11-16(19)17-13-3-4-14-15(9-13)22-7-2-6-21-14/h3-4,9,12H,2,5-8,10-11H2,1H3,(H,17,19). The smallest absolute Gasteiger partial charge is 0.238 e. The molecule has 0 saturated carbocycles. The van der Waals surface area contributed by atoms with E-state index in [1.54, 1.807) is 0 Å². The van der Waals surface area contributed by atoms with E-state index >= 15 is 0 Å². The monoisotopic (exact) mass is 306 g/mol. The molecule has 1 amide bonds. The first kappa shape index (κ1) is 15.1. The summed E-state index contributed by atoms with van der Waals surface area (Å²) in [5.41, 5.74) is 0.732. The predicted octanol–water partition coefficient (Wildman–Crippen LogP) is 1.51. The highest BCUT2D eigenvalue weighted by Crippen LogP contribution is 2.32. The Balaban J connectivity index is 1.58. The van der Waals surface area contributed by atoms with Gasteiger partial charge in [-0.3, -0.25) is 9.69 Å². The normalized spacial score (nSPS) is 22.0. The molecule has 2 heterocycles. The van der Waals surface area contributed by atoms with Crippen LogP contribution in [0.2, 0.25) is 0 Å². The summed E-state index contributed by atoms with van der Waals surface area (Å²) in [6.45, 7) is 5.95. The van der Waals surface area contributed by atoms with E-state index in [0.29, 0.717) is 32.1 Å². The summed E-state index contributed by atoms with van der Waals surface area (Å²) in [5.74, 6) is 1.40. The van der Waals surface area contributed by atoms with Crippen molar-refractivity contribution in [1.82, 2.24) is 4.90 Å². The van der Waals surface area contributed by atoms with Crippen molar-refractivity contribution in [2.45, 2.75) is 19.4 Å². The zero-order valence-corrected chi connectivity index (χ0v) is 12.8. The molecule has 1 atom stereocenters. The summed E-state index contributed by atoms with van der Waals surface area (Å²) in [6, 6.07) is 5.50. The van der Waals surface area contributed by atoms with E-state index in [0.717, 1.165) is 30.9 Å². The fourth-order valence-electron chi connectivity index (χ4n) is 2.68. The summed E-state index contributed by atoms with van der Waals surface area (Å²) < 4.78 is 16.7. The Labute approximate surface area is 130 Å². The molecule has 2 aliphatic rings. The van der Waals surface area contributed by atoms with Crippen LogP contribution in [0.25, 0.3) is 0 Å².